The average Bonchev–Trinajstić information content (AvgIpc) is 2.90. The second kappa shape index (κ2) is 14.8. The lowest BCUT2D eigenvalue weighted by Gasteiger charge is -2.09. The van der Waals surface area contributed by atoms with Crippen LogP contribution in [0.3, 0.4) is 0 Å². The van der Waals surface area contributed by atoms with Crippen molar-refractivity contribution in [1.82, 2.24) is 0 Å². The predicted octanol–water partition coefficient (Wildman–Crippen LogP) is 8.44. The number of esters is 2. The van der Waals surface area contributed by atoms with Crippen LogP contribution in [0.15, 0.2) is 78.9 Å². The first kappa shape index (κ1) is 27.9. The van der Waals surface area contributed by atoms with Gasteiger partial charge in [0.2, 0.25) is 0 Å². The summed E-state index contributed by atoms with van der Waals surface area (Å²) in [5.74, 6) is -0.275. The van der Waals surface area contributed by atoms with Gasteiger partial charge < -0.3 is 9.47 Å². The monoisotopic (exact) mass is 498 g/mol. The van der Waals surface area contributed by atoms with Crippen molar-refractivity contribution in [3.63, 3.8) is 0 Å². The maximum atomic E-state index is 12.3. The normalized spacial score (nSPS) is 11.1. The van der Waals surface area contributed by atoms with Crippen LogP contribution in [-0.2, 0) is 16.0 Å². The molecule has 0 saturated heterocycles. The van der Waals surface area contributed by atoms with Crippen molar-refractivity contribution in [2.45, 2.75) is 71.8 Å². The summed E-state index contributed by atoms with van der Waals surface area (Å²) in [6.45, 7) is 5.89. The van der Waals surface area contributed by atoms with E-state index in [0.717, 1.165) is 23.1 Å². The Morgan fingerprint density at radius 3 is 1.97 bits per heavy atom. The van der Waals surface area contributed by atoms with Crippen LogP contribution in [0, 0.1) is 0 Å². The third-order valence-corrected chi connectivity index (χ3v) is 6.08. The standard InChI is InChI=1S/C33H38O4/c1-4-5-6-7-8-9-10-26-11-13-27(14-12-26)15-24-32(34)37-31-22-20-29(21-23-31)28-16-18-30(19-17-28)33(35)36-25(2)3/h11-25H,4-10H2,1-3H3/b24-15+. The molecule has 0 aromatic heterocycles. The Morgan fingerprint density at radius 2 is 1.35 bits per heavy atom. The molecule has 0 aliphatic carbocycles. The van der Waals surface area contributed by atoms with Gasteiger partial charge in [-0.3, -0.25) is 0 Å². The molecule has 0 N–H and O–H groups in total. The van der Waals surface area contributed by atoms with E-state index in [1.54, 1.807) is 30.3 Å². The highest BCUT2D eigenvalue weighted by Gasteiger charge is 2.09. The number of unbranched alkanes of at least 4 members (excludes halogenated alkanes) is 5. The number of benzene rings is 3. The van der Waals surface area contributed by atoms with E-state index in [9.17, 15) is 9.59 Å². The topological polar surface area (TPSA) is 52.6 Å². The van der Waals surface area contributed by atoms with Crippen LogP contribution in [0.25, 0.3) is 17.2 Å². The lowest BCUT2D eigenvalue weighted by Crippen LogP contribution is -2.11. The van der Waals surface area contributed by atoms with Crippen molar-refractivity contribution in [2.24, 2.45) is 0 Å². The molecule has 0 amide bonds. The first-order valence-electron chi connectivity index (χ1n) is 13.3. The van der Waals surface area contributed by atoms with Crippen molar-refractivity contribution >= 4 is 18.0 Å². The van der Waals surface area contributed by atoms with E-state index < -0.39 is 5.97 Å². The molecule has 0 spiro atoms. The molecule has 3 aromatic carbocycles. The minimum atomic E-state index is -0.420. The number of ether oxygens (including phenoxy) is 2. The van der Waals surface area contributed by atoms with E-state index in [2.05, 4.69) is 19.1 Å². The molecule has 0 aliphatic heterocycles. The van der Waals surface area contributed by atoms with Crippen molar-refractivity contribution in [2.75, 3.05) is 0 Å². The van der Waals surface area contributed by atoms with Crippen LogP contribution in [0.5, 0.6) is 5.75 Å². The summed E-state index contributed by atoms with van der Waals surface area (Å²) in [6, 6.07) is 22.9. The Balaban J connectivity index is 1.46. The van der Waals surface area contributed by atoms with Crippen LogP contribution >= 0.6 is 0 Å². The van der Waals surface area contributed by atoms with Gasteiger partial charge in [-0.05, 0) is 79.3 Å². The maximum Gasteiger partial charge on any atom is 0.338 e. The fourth-order valence-corrected chi connectivity index (χ4v) is 4.02. The van der Waals surface area contributed by atoms with Gasteiger partial charge in [-0.15, -0.1) is 0 Å². The zero-order chi connectivity index (χ0) is 26.5. The van der Waals surface area contributed by atoms with Crippen LogP contribution in [0.2, 0.25) is 0 Å². The molecule has 0 aliphatic rings. The Morgan fingerprint density at radius 1 is 0.757 bits per heavy atom. The quantitative estimate of drug-likeness (QED) is 0.103. The molecule has 4 heteroatoms. The van der Waals surface area contributed by atoms with Gasteiger partial charge in [0.15, 0.2) is 0 Å². The third kappa shape index (κ3) is 9.72. The lowest BCUT2D eigenvalue weighted by molar-refractivity contribution is -0.128. The Bertz CT molecular complexity index is 1140. The van der Waals surface area contributed by atoms with Gasteiger partial charge in [0, 0.05) is 6.08 Å². The van der Waals surface area contributed by atoms with Gasteiger partial charge in [0.1, 0.15) is 5.75 Å². The number of hydrogen-bond donors (Lipinski definition) is 0. The molecule has 0 radical (unpaired) electrons. The summed E-state index contributed by atoms with van der Waals surface area (Å²) in [5.41, 5.74) is 4.74. The van der Waals surface area contributed by atoms with Gasteiger partial charge in [0.05, 0.1) is 11.7 Å². The van der Waals surface area contributed by atoms with Gasteiger partial charge in [0.25, 0.3) is 0 Å². The number of aryl methyl sites for hydroxylation is 1. The second-order valence-electron chi connectivity index (χ2n) is 9.57. The number of carbonyl (C=O) groups excluding carboxylic acids is 2. The molecular weight excluding hydrogens is 460 g/mol. The van der Waals surface area contributed by atoms with Gasteiger partial charge >= 0.3 is 11.9 Å². The minimum absolute atomic E-state index is 0.155. The summed E-state index contributed by atoms with van der Waals surface area (Å²) < 4.78 is 10.7. The van der Waals surface area contributed by atoms with E-state index in [4.69, 9.17) is 9.47 Å². The van der Waals surface area contributed by atoms with E-state index in [1.165, 1.54) is 50.2 Å². The molecule has 3 rings (SSSR count). The van der Waals surface area contributed by atoms with E-state index in [0.29, 0.717) is 11.3 Å². The molecule has 3 aromatic rings. The zero-order valence-electron chi connectivity index (χ0n) is 22.2. The van der Waals surface area contributed by atoms with E-state index in [1.807, 2.05) is 50.2 Å². The molecule has 0 unspecified atom stereocenters. The largest absolute Gasteiger partial charge is 0.459 e. The number of hydrogen-bond acceptors (Lipinski definition) is 4. The van der Waals surface area contributed by atoms with Crippen LogP contribution < -0.4 is 4.74 Å². The number of carbonyl (C=O) groups is 2. The van der Waals surface area contributed by atoms with Crippen molar-refractivity contribution in [3.05, 3.63) is 95.6 Å². The highest BCUT2D eigenvalue weighted by atomic mass is 16.5. The predicted molar refractivity (Wildman–Crippen MR) is 151 cm³/mol. The first-order chi connectivity index (χ1) is 17.9. The van der Waals surface area contributed by atoms with E-state index >= 15 is 0 Å². The summed E-state index contributed by atoms with van der Waals surface area (Å²) in [6.07, 6.45) is 12.0. The molecule has 4 nitrogen and oxygen atoms in total. The van der Waals surface area contributed by atoms with Gasteiger partial charge in [-0.2, -0.15) is 0 Å². The molecule has 0 fully saturated rings. The van der Waals surface area contributed by atoms with Gasteiger partial charge in [-0.25, -0.2) is 9.59 Å². The smallest absolute Gasteiger partial charge is 0.338 e. The summed E-state index contributed by atoms with van der Waals surface area (Å²) in [5, 5.41) is 0. The van der Waals surface area contributed by atoms with Crippen LogP contribution in [0.1, 0.15) is 80.8 Å². The maximum absolute atomic E-state index is 12.3. The highest BCUT2D eigenvalue weighted by Crippen LogP contribution is 2.23. The van der Waals surface area contributed by atoms with Crippen LogP contribution in [-0.4, -0.2) is 18.0 Å². The van der Waals surface area contributed by atoms with E-state index in [-0.39, 0.29) is 12.1 Å². The Hall–Kier alpha value is -3.66. The molecule has 37 heavy (non-hydrogen) atoms. The molecule has 0 heterocycles. The Kier molecular flexibility index (Phi) is 11.2. The molecule has 0 saturated carbocycles. The molecule has 0 bridgehead atoms. The fourth-order valence-electron chi connectivity index (χ4n) is 4.02. The summed E-state index contributed by atoms with van der Waals surface area (Å²) >= 11 is 0. The minimum Gasteiger partial charge on any atom is -0.459 e. The van der Waals surface area contributed by atoms with Crippen molar-refractivity contribution < 1.29 is 19.1 Å². The van der Waals surface area contributed by atoms with Gasteiger partial charge in [-0.1, -0.05) is 87.6 Å². The van der Waals surface area contributed by atoms with Crippen LogP contribution in [0.4, 0.5) is 0 Å². The molecule has 0 atom stereocenters. The SMILES string of the molecule is CCCCCCCCc1ccc(/C=C/C(=O)Oc2ccc(-c3ccc(C(=O)OC(C)C)cc3)cc2)cc1. The first-order valence-corrected chi connectivity index (χ1v) is 13.3. The number of rotatable bonds is 13. The average molecular weight is 499 g/mol. The third-order valence-electron chi connectivity index (χ3n) is 6.08. The fraction of sp³-hybridized carbons (Fsp3) is 0.333. The molecule has 194 valence electrons. The Labute approximate surface area is 221 Å². The highest BCUT2D eigenvalue weighted by molar-refractivity contribution is 5.90. The zero-order valence-corrected chi connectivity index (χ0v) is 22.2. The molecular formula is C33H38O4. The lowest BCUT2D eigenvalue weighted by atomic mass is 10.0. The second-order valence-corrected chi connectivity index (χ2v) is 9.57. The van der Waals surface area contributed by atoms with Crippen molar-refractivity contribution in [3.8, 4) is 16.9 Å². The van der Waals surface area contributed by atoms with Crippen molar-refractivity contribution in [1.29, 1.82) is 0 Å². The summed E-state index contributed by atoms with van der Waals surface area (Å²) in [7, 11) is 0. The summed E-state index contributed by atoms with van der Waals surface area (Å²) in [4.78, 5) is 24.3.